The molecule has 4 heteroatoms. The van der Waals surface area contributed by atoms with Crippen molar-refractivity contribution in [2.24, 2.45) is 0 Å². The highest BCUT2D eigenvalue weighted by Crippen LogP contribution is 2.57. The van der Waals surface area contributed by atoms with Crippen molar-refractivity contribution in [3.63, 3.8) is 0 Å². The Kier molecular flexibility index (Phi) is 6.16. The molecule has 0 saturated carbocycles. The van der Waals surface area contributed by atoms with E-state index in [-0.39, 0.29) is 10.8 Å². The first-order valence-corrected chi connectivity index (χ1v) is 16.5. The van der Waals surface area contributed by atoms with Gasteiger partial charge in [-0.05, 0) is 116 Å². The van der Waals surface area contributed by atoms with Gasteiger partial charge >= 0.3 is 0 Å². The minimum Gasteiger partial charge on any atom is -0.264 e. The van der Waals surface area contributed by atoms with Crippen molar-refractivity contribution in [3.05, 3.63) is 156 Å². The van der Waals surface area contributed by atoms with E-state index < -0.39 is 0 Å². The molecular formula is C44H34N4. The summed E-state index contributed by atoms with van der Waals surface area (Å²) >= 11 is 0. The Hall–Kier alpha value is -5.74. The van der Waals surface area contributed by atoms with Crippen LogP contribution in [-0.2, 0) is 10.8 Å². The fourth-order valence-electron chi connectivity index (χ4n) is 8.04. The van der Waals surface area contributed by atoms with Crippen LogP contribution in [-0.4, -0.2) is 19.9 Å². The summed E-state index contributed by atoms with van der Waals surface area (Å²) in [4.78, 5) is 18.3. The van der Waals surface area contributed by atoms with Gasteiger partial charge in [-0.2, -0.15) is 0 Å². The zero-order valence-electron chi connectivity index (χ0n) is 27.5. The van der Waals surface area contributed by atoms with E-state index in [1.54, 1.807) is 12.4 Å². The molecule has 2 aliphatic carbocycles. The number of hydrogen-bond acceptors (Lipinski definition) is 4. The molecule has 0 aliphatic heterocycles. The molecule has 4 heterocycles. The lowest BCUT2D eigenvalue weighted by atomic mass is 9.79. The summed E-state index contributed by atoms with van der Waals surface area (Å²) < 4.78 is 0. The average Bonchev–Trinajstić information content (AvgIpc) is 3.49. The van der Waals surface area contributed by atoms with Gasteiger partial charge in [0, 0.05) is 70.3 Å². The molecule has 3 aromatic carbocycles. The Morgan fingerprint density at radius 1 is 0.375 bits per heavy atom. The molecule has 0 unspecified atom stereocenters. The van der Waals surface area contributed by atoms with E-state index >= 15 is 0 Å². The lowest BCUT2D eigenvalue weighted by Crippen LogP contribution is -2.17. The largest absolute Gasteiger partial charge is 0.264 e. The van der Waals surface area contributed by atoms with E-state index in [9.17, 15) is 0 Å². The number of hydrogen-bond donors (Lipinski definition) is 0. The van der Waals surface area contributed by atoms with Gasteiger partial charge in [-0.1, -0.05) is 64.1 Å². The number of fused-ring (bicyclic) bond motifs is 6. The number of pyridine rings is 4. The van der Waals surface area contributed by atoms with Gasteiger partial charge in [0.05, 0.1) is 11.4 Å². The van der Waals surface area contributed by atoms with E-state index in [1.165, 1.54) is 55.6 Å². The van der Waals surface area contributed by atoms with Crippen molar-refractivity contribution in [1.82, 2.24) is 19.9 Å². The molecule has 0 saturated heterocycles. The molecule has 48 heavy (non-hydrogen) atoms. The van der Waals surface area contributed by atoms with Crippen molar-refractivity contribution in [2.75, 3.05) is 0 Å². The quantitative estimate of drug-likeness (QED) is 0.197. The monoisotopic (exact) mass is 618 g/mol. The first kappa shape index (κ1) is 28.5. The maximum absolute atomic E-state index is 4.77. The van der Waals surface area contributed by atoms with E-state index in [0.29, 0.717) is 0 Å². The number of benzene rings is 3. The second-order valence-electron chi connectivity index (χ2n) is 14.0. The second-order valence-corrected chi connectivity index (χ2v) is 14.0. The van der Waals surface area contributed by atoms with Crippen LogP contribution in [0.5, 0.6) is 0 Å². The molecule has 0 N–H and O–H groups in total. The Morgan fingerprint density at radius 3 is 1.21 bits per heavy atom. The standard InChI is InChI=1S/C44H34N4/c1-43(2)37-21-27(31-11-7-19-47-41(31)29-9-5-17-45-25-29)13-15-33(37)35-24-40-36(23-39(35)43)34-16-14-28(22-38(34)44(40,3)4)32-12-8-20-48-42(32)30-10-6-18-46-26-30/h5-26H,1-4H3. The van der Waals surface area contributed by atoms with E-state index in [0.717, 1.165) is 33.6 Å². The second kappa shape index (κ2) is 10.4. The molecule has 0 bridgehead atoms. The van der Waals surface area contributed by atoms with Crippen LogP contribution in [0.25, 0.3) is 67.0 Å². The van der Waals surface area contributed by atoms with Crippen LogP contribution in [0.3, 0.4) is 0 Å². The molecule has 0 atom stereocenters. The number of aromatic nitrogens is 4. The smallest absolute Gasteiger partial charge is 0.0795 e. The van der Waals surface area contributed by atoms with Gasteiger partial charge in [0.15, 0.2) is 0 Å². The zero-order valence-corrected chi connectivity index (χ0v) is 27.5. The van der Waals surface area contributed by atoms with Gasteiger partial charge in [-0.25, -0.2) is 0 Å². The third kappa shape index (κ3) is 4.15. The molecule has 230 valence electrons. The normalized spacial score (nSPS) is 14.6. The van der Waals surface area contributed by atoms with Crippen molar-refractivity contribution >= 4 is 0 Å². The van der Waals surface area contributed by atoms with Gasteiger partial charge in [0.2, 0.25) is 0 Å². The predicted octanol–water partition coefficient (Wildman–Crippen LogP) is 10.5. The highest BCUT2D eigenvalue weighted by atomic mass is 14.7. The minimum atomic E-state index is -0.159. The summed E-state index contributed by atoms with van der Waals surface area (Å²) in [5.41, 5.74) is 19.0. The predicted molar refractivity (Wildman–Crippen MR) is 194 cm³/mol. The minimum absolute atomic E-state index is 0.159. The number of rotatable bonds is 4. The van der Waals surface area contributed by atoms with Gasteiger partial charge < -0.3 is 0 Å². The summed E-state index contributed by atoms with van der Waals surface area (Å²) in [6, 6.07) is 35.3. The average molecular weight is 619 g/mol. The third-order valence-electron chi connectivity index (χ3n) is 10.6. The molecule has 0 radical (unpaired) electrons. The SMILES string of the molecule is CC1(C)c2cc(-c3cccnc3-c3cccnc3)ccc2-c2cc3c(cc21)-c1ccc(-c2cccnc2-c2cccnc2)cc1C3(C)C. The van der Waals surface area contributed by atoms with Crippen LogP contribution in [0.4, 0.5) is 0 Å². The molecule has 4 aromatic heterocycles. The van der Waals surface area contributed by atoms with Crippen LogP contribution in [0.1, 0.15) is 49.9 Å². The van der Waals surface area contributed by atoms with E-state index in [1.807, 2.05) is 49.1 Å². The molecule has 0 amide bonds. The van der Waals surface area contributed by atoms with Crippen LogP contribution in [0.2, 0.25) is 0 Å². The molecule has 4 nitrogen and oxygen atoms in total. The van der Waals surface area contributed by atoms with Gasteiger partial charge in [-0.15, -0.1) is 0 Å². The Bertz CT molecular complexity index is 2220. The van der Waals surface area contributed by atoms with Gasteiger partial charge in [0.25, 0.3) is 0 Å². The molecule has 0 fully saturated rings. The van der Waals surface area contributed by atoms with Crippen molar-refractivity contribution < 1.29 is 0 Å². The van der Waals surface area contributed by atoms with Crippen LogP contribution >= 0.6 is 0 Å². The first-order chi connectivity index (χ1) is 23.3. The number of nitrogens with zero attached hydrogens (tertiary/aromatic N) is 4. The summed E-state index contributed by atoms with van der Waals surface area (Å²) in [6.45, 7) is 9.47. The Labute approximate surface area is 281 Å². The van der Waals surface area contributed by atoms with Crippen molar-refractivity contribution in [1.29, 1.82) is 0 Å². The third-order valence-corrected chi connectivity index (χ3v) is 10.6. The van der Waals surface area contributed by atoms with Gasteiger partial charge in [0.1, 0.15) is 0 Å². The lowest BCUT2D eigenvalue weighted by Gasteiger charge is -2.24. The summed E-state index contributed by atoms with van der Waals surface area (Å²) in [5.74, 6) is 0. The maximum atomic E-state index is 4.77. The summed E-state index contributed by atoms with van der Waals surface area (Å²) in [7, 11) is 0. The molecular weight excluding hydrogens is 585 g/mol. The highest BCUT2D eigenvalue weighted by molar-refractivity contribution is 5.93. The van der Waals surface area contributed by atoms with Crippen LogP contribution in [0.15, 0.2) is 134 Å². The lowest BCUT2D eigenvalue weighted by molar-refractivity contribution is 0.652. The molecule has 2 aliphatic rings. The topological polar surface area (TPSA) is 51.6 Å². The molecule has 0 spiro atoms. The van der Waals surface area contributed by atoms with Crippen LogP contribution < -0.4 is 0 Å². The zero-order chi connectivity index (χ0) is 32.6. The molecule has 9 rings (SSSR count). The fourth-order valence-corrected chi connectivity index (χ4v) is 8.04. The highest BCUT2D eigenvalue weighted by Gasteiger charge is 2.42. The maximum Gasteiger partial charge on any atom is 0.0795 e. The summed E-state index contributed by atoms with van der Waals surface area (Å²) in [5, 5.41) is 0. The van der Waals surface area contributed by atoms with Gasteiger partial charge in [-0.3, -0.25) is 19.9 Å². The van der Waals surface area contributed by atoms with Crippen LogP contribution in [0, 0.1) is 0 Å². The van der Waals surface area contributed by atoms with E-state index in [4.69, 9.17) is 9.97 Å². The Morgan fingerprint density at radius 2 is 0.792 bits per heavy atom. The summed E-state index contributed by atoms with van der Waals surface area (Å²) in [6.07, 6.45) is 11.1. The van der Waals surface area contributed by atoms with Crippen molar-refractivity contribution in [3.8, 4) is 67.0 Å². The molecule has 7 aromatic rings. The Balaban J connectivity index is 1.14. The van der Waals surface area contributed by atoms with E-state index in [2.05, 4.69) is 110 Å². The van der Waals surface area contributed by atoms with Crippen molar-refractivity contribution in [2.45, 2.75) is 38.5 Å². The first-order valence-electron chi connectivity index (χ1n) is 16.5. The fraction of sp³-hybridized carbons (Fsp3) is 0.136.